The summed E-state index contributed by atoms with van der Waals surface area (Å²) >= 11 is 0. The molecular weight excluding hydrogens is 397 g/mol. The molecule has 1 N–H and O–H groups in total. The zero-order valence-corrected chi connectivity index (χ0v) is 17.9. The van der Waals surface area contributed by atoms with E-state index in [1.165, 1.54) is 12.3 Å². The van der Waals surface area contributed by atoms with Gasteiger partial charge in [0, 0.05) is 19.4 Å². The van der Waals surface area contributed by atoms with Crippen molar-refractivity contribution in [2.24, 2.45) is 0 Å². The maximum absolute atomic E-state index is 13.9. The average Bonchev–Trinajstić information content (AvgIpc) is 3.25. The lowest BCUT2D eigenvalue weighted by Gasteiger charge is -2.19. The molecule has 31 heavy (non-hydrogen) atoms. The summed E-state index contributed by atoms with van der Waals surface area (Å²) in [6, 6.07) is 13.7. The molecule has 2 aromatic carbocycles. The van der Waals surface area contributed by atoms with E-state index >= 15 is 0 Å². The molecule has 3 aromatic rings. The third kappa shape index (κ3) is 6.39. The van der Waals surface area contributed by atoms with Gasteiger partial charge in [-0.25, -0.2) is 9.37 Å². The van der Waals surface area contributed by atoms with Crippen molar-refractivity contribution in [3.05, 3.63) is 66.4 Å². The molecule has 0 radical (unpaired) electrons. The van der Waals surface area contributed by atoms with Crippen LogP contribution in [0.15, 0.2) is 59.1 Å². The Morgan fingerprint density at radius 3 is 2.65 bits per heavy atom. The number of carbonyl (C=O) groups is 1. The first-order chi connectivity index (χ1) is 15.1. The van der Waals surface area contributed by atoms with Gasteiger partial charge in [0.1, 0.15) is 18.2 Å². The van der Waals surface area contributed by atoms with Crippen LogP contribution >= 0.6 is 0 Å². The zero-order chi connectivity index (χ0) is 22.1. The van der Waals surface area contributed by atoms with Gasteiger partial charge in [0.2, 0.25) is 5.91 Å². The van der Waals surface area contributed by atoms with Crippen molar-refractivity contribution in [1.29, 1.82) is 0 Å². The van der Waals surface area contributed by atoms with Gasteiger partial charge in [0.05, 0.1) is 17.4 Å². The molecule has 6 nitrogen and oxygen atoms in total. The number of halogens is 1. The molecule has 1 amide bonds. The topological polar surface area (TPSA) is 67.6 Å². The normalized spacial score (nSPS) is 11.0. The maximum Gasteiger partial charge on any atom is 0.224 e. The molecule has 0 bridgehead atoms. The number of para-hydroxylation sites is 2. The Labute approximate surface area is 182 Å². The summed E-state index contributed by atoms with van der Waals surface area (Å²) in [6.07, 6.45) is 1.97. The fourth-order valence-electron chi connectivity index (χ4n) is 3.16. The minimum Gasteiger partial charge on any atom is -0.490 e. The Hall–Kier alpha value is -3.19. The number of hydrogen-bond donors (Lipinski definition) is 1. The summed E-state index contributed by atoms with van der Waals surface area (Å²) in [5, 5.41) is 2.89. The SMILES string of the molecule is CCN(CC)CCOc1ccccc1NC(=O)CCc1ncc(-c2ccccc2F)o1. The third-order valence-electron chi connectivity index (χ3n) is 4.98. The minimum atomic E-state index is -0.374. The lowest BCUT2D eigenvalue weighted by atomic mass is 10.2. The van der Waals surface area contributed by atoms with E-state index in [-0.39, 0.29) is 18.1 Å². The summed E-state index contributed by atoms with van der Waals surface area (Å²) in [5.41, 5.74) is 0.980. The van der Waals surface area contributed by atoms with Gasteiger partial charge in [0.25, 0.3) is 0 Å². The third-order valence-corrected chi connectivity index (χ3v) is 4.98. The predicted octanol–water partition coefficient (Wildman–Crippen LogP) is 4.77. The van der Waals surface area contributed by atoms with Gasteiger partial charge in [-0.05, 0) is 37.4 Å². The molecule has 0 aliphatic carbocycles. The van der Waals surface area contributed by atoms with Crippen LogP contribution in [0.25, 0.3) is 11.3 Å². The second kappa shape index (κ2) is 11.3. The van der Waals surface area contributed by atoms with Crippen molar-refractivity contribution >= 4 is 11.6 Å². The smallest absolute Gasteiger partial charge is 0.224 e. The predicted molar refractivity (Wildman–Crippen MR) is 119 cm³/mol. The number of aryl methyl sites for hydroxylation is 1. The van der Waals surface area contributed by atoms with E-state index in [9.17, 15) is 9.18 Å². The molecule has 0 atom stereocenters. The lowest BCUT2D eigenvalue weighted by Crippen LogP contribution is -2.28. The first-order valence-corrected chi connectivity index (χ1v) is 10.5. The van der Waals surface area contributed by atoms with Crippen molar-refractivity contribution in [2.45, 2.75) is 26.7 Å². The largest absolute Gasteiger partial charge is 0.490 e. The standard InChI is InChI=1S/C24H28FN3O3/c1-3-28(4-2)15-16-30-21-12-8-7-11-20(21)27-23(29)13-14-24-26-17-22(31-24)18-9-5-6-10-19(18)25/h5-12,17H,3-4,13-16H2,1-2H3,(H,27,29). The molecule has 0 unspecified atom stereocenters. The summed E-state index contributed by atoms with van der Waals surface area (Å²) in [6.45, 7) is 7.54. The summed E-state index contributed by atoms with van der Waals surface area (Å²) in [5.74, 6) is 0.824. The van der Waals surface area contributed by atoms with E-state index in [1.54, 1.807) is 18.2 Å². The second-order valence-corrected chi connectivity index (χ2v) is 7.02. The highest BCUT2D eigenvalue weighted by molar-refractivity contribution is 5.92. The van der Waals surface area contributed by atoms with Crippen LogP contribution in [0, 0.1) is 5.82 Å². The van der Waals surface area contributed by atoms with E-state index in [0.29, 0.717) is 41.7 Å². The molecular formula is C24H28FN3O3. The molecule has 7 heteroatoms. The molecule has 164 valence electrons. The van der Waals surface area contributed by atoms with Gasteiger partial charge in [-0.1, -0.05) is 38.1 Å². The van der Waals surface area contributed by atoms with Gasteiger partial charge in [-0.2, -0.15) is 0 Å². The van der Waals surface area contributed by atoms with E-state index < -0.39 is 0 Å². The van der Waals surface area contributed by atoms with Crippen molar-refractivity contribution in [2.75, 3.05) is 31.6 Å². The van der Waals surface area contributed by atoms with Gasteiger partial charge >= 0.3 is 0 Å². The molecule has 0 aliphatic rings. The number of aromatic nitrogens is 1. The molecule has 1 heterocycles. The van der Waals surface area contributed by atoms with Crippen LogP contribution in [0.4, 0.5) is 10.1 Å². The van der Waals surface area contributed by atoms with Crippen LogP contribution in [-0.4, -0.2) is 42.0 Å². The molecule has 0 saturated heterocycles. The lowest BCUT2D eigenvalue weighted by molar-refractivity contribution is -0.116. The van der Waals surface area contributed by atoms with E-state index in [2.05, 4.69) is 29.0 Å². The quantitative estimate of drug-likeness (QED) is 0.479. The van der Waals surface area contributed by atoms with Gasteiger partial charge < -0.3 is 19.4 Å². The number of amides is 1. The number of oxazole rings is 1. The second-order valence-electron chi connectivity index (χ2n) is 7.02. The Balaban J connectivity index is 1.53. The molecule has 0 fully saturated rings. The number of likely N-dealkylation sites (N-methyl/N-ethyl adjacent to an activating group) is 1. The summed E-state index contributed by atoms with van der Waals surface area (Å²) < 4.78 is 25.4. The number of carbonyl (C=O) groups excluding carboxylic acids is 1. The van der Waals surface area contributed by atoms with Crippen molar-refractivity contribution in [3.8, 4) is 17.1 Å². The van der Waals surface area contributed by atoms with E-state index in [0.717, 1.165) is 19.6 Å². The number of anilines is 1. The average molecular weight is 426 g/mol. The number of rotatable bonds is 11. The number of nitrogens with zero attached hydrogens (tertiary/aromatic N) is 2. The number of nitrogens with one attached hydrogen (secondary N) is 1. The van der Waals surface area contributed by atoms with Crippen LogP contribution < -0.4 is 10.1 Å². The van der Waals surface area contributed by atoms with Crippen molar-refractivity contribution < 1.29 is 18.3 Å². The molecule has 0 spiro atoms. The summed E-state index contributed by atoms with van der Waals surface area (Å²) in [4.78, 5) is 18.9. The fraction of sp³-hybridized carbons (Fsp3) is 0.333. The highest BCUT2D eigenvalue weighted by atomic mass is 19.1. The number of hydrogen-bond acceptors (Lipinski definition) is 5. The Morgan fingerprint density at radius 2 is 1.87 bits per heavy atom. The fourth-order valence-corrected chi connectivity index (χ4v) is 3.16. The Kier molecular flexibility index (Phi) is 8.18. The van der Waals surface area contributed by atoms with Crippen molar-refractivity contribution in [3.63, 3.8) is 0 Å². The number of ether oxygens (including phenoxy) is 1. The van der Waals surface area contributed by atoms with Gasteiger partial charge in [0.15, 0.2) is 11.7 Å². The van der Waals surface area contributed by atoms with Crippen molar-refractivity contribution in [1.82, 2.24) is 9.88 Å². The minimum absolute atomic E-state index is 0.176. The molecule has 0 saturated carbocycles. The van der Waals surface area contributed by atoms with Crippen LogP contribution in [0.1, 0.15) is 26.2 Å². The Morgan fingerprint density at radius 1 is 1.13 bits per heavy atom. The van der Waals surface area contributed by atoms with Crippen LogP contribution in [-0.2, 0) is 11.2 Å². The van der Waals surface area contributed by atoms with Gasteiger partial charge in [-0.3, -0.25) is 4.79 Å². The van der Waals surface area contributed by atoms with E-state index in [1.807, 2.05) is 24.3 Å². The zero-order valence-electron chi connectivity index (χ0n) is 17.9. The number of benzene rings is 2. The molecule has 1 aromatic heterocycles. The van der Waals surface area contributed by atoms with Crippen LogP contribution in [0.5, 0.6) is 5.75 Å². The highest BCUT2D eigenvalue weighted by Crippen LogP contribution is 2.25. The summed E-state index contributed by atoms with van der Waals surface area (Å²) in [7, 11) is 0. The Bertz CT molecular complexity index is 985. The monoisotopic (exact) mass is 425 g/mol. The molecule has 0 aliphatic heterocycles. The van der Waals surface area contributed by atoms with Crippen LogP contribution in [0.3, 0.4) is 0 Å². The van der Waals surface area contributed by atoms with Crippen LogP contribution in [0.2, 0.25) is 0 Å². The molecule has 3 rings (SSSR count). The first kappa shape index (κ1) is 22.5. The first-order valence-electron chi connectivity index (χ1n) is 10.5. The van der Waals surface area contributed by atoms with E-state index in [4.69, 9.17) is 9.15 Å². The maximum atomic E-state index is 13.9. The highest BCUT2D eigenvalue weighted by Gasteiger charge is 2.13. The van der Waals surface area contributed by atoms with Gasteiger partial charge in [-0.15, -0.1) is 0 Å².